The van der Waals surface area contributed by atoms with Crippen LogP contribution < -0.4 is 11.0 Å². The van der Waals surface area contributed by atoms with Crippen molar-refractivity contribution in [1.29, 1.82) is 0 Å². The summed E-state index contributed by atoms with van der Waals surface area (Å²) < 4.78 is 48.0. The number of hydrogen-bond donors (Lipinski definition) is 1. The third-order valence-corrected chi connectivity index (χ3v) is 7.09. The van der Waals surface area contributed by atoms with E-state index in [1.807, 2.05) is 0 Å². The molecule has 0 unspecified atom stereocenters. The van der Waals surface area contributed by atoms with E-state index in [-0.39, 0.29) is 28.5 Å². The molecule has 9 nitrogen and oxygen atoms in total. The Morgan fingerprint density at radius 2 is 2.09 bits per heavy atom. The van der Waals surface area contributed by atoms with Gasteiger partial charge in [-0.25, -0.2) is 19.2 Å². The molecule has 178 valence electrons. The average Bonchev–Trinajstić information content (AvgIpc) is 3.58. The standard InChI is InChI=1S/C22H15F3N6O3S/c1-10-27-20-17(11-4-2-6-15(11)35-20)21(33)30(10)29-19(32)12-9-26-31-16(22(23,24)25)8-13(28-18(12)31)14-5-3-7-34-14/h3,5,7-9H,2,4,6H2,1H3,(H,29,32). The lowest BCUT2D eigenvalue weighted by Gasteiger charge is -2.12. The van der Waals surface area contributed by atoms with Crippen LogP contribution in [0.5, 0.6) is 0 Å². The van der Waals surface area contributed by atoms with E-state index >= 15 is 0 Å². The first-order chi connectivity index (χ1) is 16.7. The molecule has 13 heteroatoms. The number of halogens is 3. The SMILES string of the molecule is Cc1nc2sc3c(c2c(=O)n1NC(=O)c1cnn2c(C(F)(F)F)cc(-c4ccco4)nc12)CCC3. The second-order valence-electron chi connectivity index (χ2n) is 8.07. The molecule has 0 saturated heterocycles. The van der Waals surface area contributed by atoms with Crippen LogP contribution >= 0.6 is 11.3 Å². The van der Waals surface area contributed by atoms with Crippen molar-refractivity contribution in [3.63, 3.8) is 0 Å². The average molecular weight is 500 g/mol. The van der Waals surface area contributed by atoms with Gasteiger partial charge in [-0.05, 0) is 49.9 Å². The zero-order valence-electron chi connectivity index (χ0n) is 18.0. The third-order valence-electron chi connectivity index (χ3n) is 5.90. The van der Waals surface area contributed by atoms with E-state index in [0.29, 0.717) is 14.7 Å². The number of thiophene rings is 1. The van der Waals surface area contributed by atoms with Crippen LogP contribution in [0, 0.1) is 6.92 Å². The van der Waals surface area contributed by atoms with Crippen molar-refractivity contribution in [2.75, 3.05) is 5.43 Å². The molecule has 1 aliphatic carbocycles. The number of nitrogens with zero attached hydrogens (tertiary/aromatic N) is 5. The lowest BCUT2D eigenvalue weighted by molar-refractivity contribution is -0.142. The zero-order valence-corrected chi connectivity index (χ0v) is 18.8. The molecule has 1 amide bonds. The minimum absolute atomic E-state index is 0.0959. The molecule has 1 aliphatic rings. The molecule has 0 saturated carbocycles. The molecule has 5 aromatic heterocycles. The van der Waals surface area contributed by atoms with Crippen LogP contribution in [-0.2, 0) is 19.0 Å². The highest BCUT2D eigenvalue weighted by molar-refractivity contribution is 7.18. The van der Waals surface area contributed by atoms with E-state index in [4.69, 9.17) is 4.42 Å². The molecule has 0 spiro atoms. The highest BCUT2D eigenvalue weighted by atomic mass is 32.1. The minimum atomic E-state index is -4.77. The number of carbonyl (C=O) groups excluding carboxylic acids is 1. The molecular formula is C22H15F3N6O3S. The first-order valence-electron chi connectivity index (χ1n) is 10.6. The van der Waals surface area contributed by atoms with Crippen LogP contribution in [0.3, 0.4) is 0 Å². The number of hydrogen-bond acceptors (Lipinski definition) is 7. The molecule has 5 aromatic rings. The van der Waals surface area contributed by atoms with E-state index in [2.05, 4.69) is 20.5 Å². The Bertz CT molecular complexity index is 1700. The fourth-order valence-electron chi connectivity index (χ4n) is 4.31. The Kier molecular flexibility index (Phi) is 4.61. The van der Waals surface area contributed by atoms with Gasteiger partial charge in [-0.15, -0.1) is 11.3 Å². The first-order valence-corrected chi connectivity index (χ1v) is 11.4. The summed E-state index contributed by atoms with van der Waals surface area (Å²) in [6.45, 7) is 1.57. The van der Waals surface area contributed by atoms with E-state index in [1.165, 1.54) is 29.7 Å². The van der Waals surface area contributed by atoms with Gasteiger partial charge < -0.3 is 4.42 Å². The maximum Gasteiger partial charge on any atom is 0.433 e. The number of rotatable bonds is 3. The van der Waals surface area contributed by atoms with Crippen LogP contribution in [0.25, 0.3) is 27.3 Å². The van der Waals surface area contributed by atoms with Crippen molar-refractivity contribution in [3.05, 3.63) is 68.5 Å². The van der Waals surface area contributed by atoms with E-state index in [0.717, 1.165) is 46.6 Å². The van der Waals surface area contributed by atoms with Gasteiger partial charge in [-0.3, -0.25) is 15.0 Å². The minimum Gasteiger partial charge on any atom is -0.463 e. The Labute approximate surface area is 197 Å². The summed E-state index contributed by atoms with van der Waals surface area (Å²) in [5.74, 6) is -0.513. The fraction of sp³-hybridized carbons (Fsp3) is 0.227. The summed E-state index contributed by atoms with van der Waals surface area (Å²) in [6, 6.07) is 3.76. The predicted octanol–water partition coefficient (Wildman–Crippen LogP) is 3.96. The van der Waals surface area contributed by atoms with E-state index in [1.54, 1.807) is 6.92 Å². The maximum atomic E-state index is 13.8. The van der Waals surface area contributed by atoms with Crippen molar-refractivity contribution in [2.24, 2.45) is 0 Å². The quantitative estimate of drug-likeness (QED) is 0.402. The number of aryl methyl sites for hydroxylation is 3. The highest BCUT2D eigenvalue weighted by Gasteiger charge is 2.36. The smallest absolute Gasteiger partial charge is 0.433 e. The van der Waals surface area contributed by atoms with Gasteiger partial charge in [0.05, 0.1) is 17.8 Å². The largest absolute Gasteiger partial charge is 0.463 e. The molecule has 0 aliphatic heterocycles. The number of fused-ring (bicyclic) bond motifs is 4. The molecule has 0 aromatic carbocycles. The Morgan fingerprint density at radius 3 is 2.83 bits per heavy atom. The second kappa shape index (κ2) is 7.50. The van der Waals surface area contributed by atoms with Crippen molar-refractivity contribution in [2.45, 2.75) is 32.4 Å². The number of amides is 1. The molecular weight excluding hydrogens is 485 g/mol. The van der Waals surface area contributed by atoms with Gasteiger partial charge in [-0.1, -0.05) is 0 Å². The topological polar surface area (TPSA) is 107 Å². The molecule has 5 heterocycles. The number of nitrogens with one attached hydrogen (secondary N) is 1. The summed E-state index contributed by atoms with van der Waals surface area (Å²) in [7, 11) is 0. The van der Waals surface area contributed by atoms with Gasteiger partial charge in [-0.2, -0.15) is 18.3 Å². The van der Waals surface area contributed by atoms with Crippen molar-refractivity contribution < 1.29 is 22.4 Å². The second-order valence-corrected chi connectivity index (χ2v) is 9.16. The van der Waals surface area contributed by atoms with Gasteiger partial charge in [0.15, 0.2) is 17.1 Å². The highest BCUT2D eigenvalue weighted by Crippen LogP contribution is 2.35. The Balaban J connectivity index is 1.47. The molecule has 35 heavy (non-hydrogen) atoms. The van der Waals surface area contributed by atoms with Gasteiger partial charge in [0, 0.05) is 4.88 Å². The van der Waals surface area contributed by atoms with E-state index in [9.17, 15) is 22.8 Å². The monoisotopic (exact) mass is 500 g/mol. The summed E-state index contributed by atoms with van der Waals surface area (Å²) in [5, 5.41) is 4.21. The lowest BCUT2D eigenvalue weighted by atomic mass is 10.2. The molecule has 1 N–H and O–H groups in total. The van der Waals surface area contributed by atoms with Crippen molar-refractivity contribution >= 4 is 33.1 Å². The van der Waals surface area contributed by atoms with Crippen LogP contribution in [0.2, 0.25) is 0 Å². The Morgan fingerprint density at radius 1 is 1.26 bits per heavy atom. The summed E-state index contributed by atoms with van der Waals surface area (Å²) in [6.07, 6.45) is 0.103. The molecule has 0 atom stereocenters. The van der Waals surface area contributed by atoms with Crippen LogP contribution in [-0.4, -0.2) is 30.2 Å². The number of furan rings is 1. The Hall–Kier alpha value is -4.00. The molecule has 0 radical (unpaired) electrons. The van der Waals surface area contributed by atoms with Crippen LogP contribution in [0.15, 0.2) is 39.9 Å². The van der Waals surface area contributed by atoms with Gasteiger partial charge in [0.2, 0.25) is 0 Å². The van der Waals surface area contributed by atoms with Gasteiger partial charge in [0.1, 0.15) is 21.9 Å². The van der Waals surface area contributed by atoms with Crippen molar-refractivity contribution in [1.82, 2.24) is 24.3 Å². The number of carbonyl (C=O) groups is 1. The van der Waals surface area contributed by atoms with E-state index < -0.39 is 23.3 Å². The molecule has 0 fully saturated rings. The summed E-state index contributed by atoms with van der Waals surface area (Å²) >= 11 is 1.47. The zero-order chi connectivity index (χ0) is 24.5. The van der Waals surface area contributed by atoms with Crippen LogP contribution in [0.1, 0.15) is 38.7 Å². The lowest BCUT2D eigenvalue weighted by Crippen LogP contribution is -2.35. The maximum absolute atomic E-state index is 13.8. The van der Waals surface area contributed by atoms with Crippen LogP contribution in [0.4, 0.5) is 13.2 Å². The first kappa shape index (κ1) is 21.5. The van der Waals surface area contributed by atoms with Gasteiger partial charge in [0.25, 0.3) is 11.5 Å². The van der Waals surface area contributed by atoms with Crippen molar-refractivity contribution in [3.8, 4) is 11.5 Å². The predicted molar refractivity (Wildman–Crippen MR) is 120 cm³/mol. The molecule has 0 bridgehead atoms. The summed E-state index contributed by atoms with van der Waals surface area (Å²) in [4.78, 5) is 36.8. The number of alkyl halides is 3. The fourth-order valence-corrected chi connectivity index (χ4v) is 5.61. The normalized spacial score (nSPS) is 13.6. The molecule has 6 rings (SSSR count). The van der Waals surface area contributed by atoms with Gasteiger partial charge >= 0.3 is 6.18 Å². The summed E-state index contributed by atoms with van der Waals surface area (Å²) in [5.41, 5.74) is 1.16. The number of aromatic nitrogens is 5. The third kappa shape index (κ3) is 3.33.